The molecule has 0 bridgehead atoms. The van der Waals surface area contributed by atoms with Gasteiger partial charge in [-0.15, -0.1) is 0 Å². The van der Waals surface area contributed by atoms with E-state index in [1.54, 1.807) is 17.9 Å². The summed E-state index contributed by atoms with van der Waals surface area (Å²) in [5.74, 6) is 5.89. The molecule has 1 saturated heterocycles. The van der Waals surface area contributed by atoms with Gasteiger partial charge in [0.1, 0.15) is 11.9 Å². The number of halogens is 3. The van der Waals surface area contributed by atoms with E-state index in [4.69, 9.17) is 33.7 Å². The lowest BCUT2D eigenvalue weighted by atomic mass is 10.1. The number of hydrogen-bond acceptors (Lipinski definition) is 5. The number of aromatic nitrogens is 1. The first-order chi connectivity index (χ1) is 16.4. The molecule has 3 rings (SSSR count). The smallest absolute Gasteiger partial charge is 0.318 e. The Morgan fingerprint density at radius 2 is 2.00 bits per heavy atom. The molecule has 0 saturated carbocycles. The summed E-state index contributed by atoms with van der Waals surface area (Å²) in [5, 5.41) is 6.55. The maximum atomic E-state index is 13.9. The van der Waals surface area contributed by atoms with E-state index in [0.717, 1.165) is 0 Å². The molecule has 7 nitrogen and oxygen atoms in total. The largest absolute Gasteiger partial charge is 0.482 e. The number of hydrogen-bond donors (Lipinski definition) is 3. The normalized spacial score (nSPS) is 18.9. The monoisotopic (exact) mass is 521 g/mol. The maximum absolute atomic E-state index is 13.9. The van der Waals surface area contributed by atoms with Crippen LogP contribution in [-0.2, 0) is 0 Å². The van der Waals surface area contributed by atoms with Gasteiger partial charge >= 0.3 is 6.03 Å². The zero-order valence-electron chi connectivity index (χ0n) is 20.4. The molecule has 3 atom stereocenters. The van der Waals surface area contributed by atoms with Gasteiger partial charge in [-0.1, -0.05) is 35.0 Å². The van der Waals surface area contributed by atoms with E-state index in [1.807, 2.05) is 27.7 Å². The van der Waals surface area contributed by atoms with E-state index in [-0.39, 0.29) is 39.7 Å². The third-order valence-electron chi connectivity index (χ3n) is 5.45. The first-order valence-corrected chi connectivity index (χ1v) is 12.0. The van der Waals surface area contributed by atoms with Crippen LogP contribution < -0.4 is 21.1 Å². The number of nitrogens with one attached hydrogen (secondary N) is 2. The number of nitrogens with zero attached hydrogens (tertiary/aromatic N) is 2. The molecule has 1 aromatic carbocycles. The predicted molar refractivity (Wildman–Crippen MR) is 137 cm³/mol. The summed E-state index contributed by atoms with van der Waals surface area (Å²) in [5.41, 5.74) is 6.03. The minimum Gasteiger partial charge on any atom is -0.482 e. The maximum Gasteiger partial charge on any atom is 0.318 e. The molecule has 188 valence electrons. The summed E-state index contributed by atoms with van der Waals surface area (Å²) < 4.78 is 19.8. The molecule has 2 heterocycles. The van der Waals surface area contributed by atoms with Crippen molar-refractivity contribution >= 4 is 35.1 Å². The van der Waals surface area contributed by atoms with Crippen molar-refractivity contribution in [1.29, 1.82) is 0 Å². The second-order valence-corrected chi connectivity index (χ2v) is 10.1. The van der Waals surface area contributed by atoms with Gasteiger partial charge in [0.05, 0.1) is 10.6 Å². The Bertz CT molecular complexity index is 1150. The van der Waals surface area contributed by atoms with Crippen LogP contribution in [0.4, 0.5) is 15.0 Å². The Kier molecular flexibility index (Phi) is 8.37. The molecule has 0 aliphatic carbocycles. The molecular weight excluding hydrogens is 492 g/mol. The quantitative estimate of drug-likeness (QED) is 0.398. The van der Waals surface area contributed by atoms with Crippen molar-refractivity contribution in [3.8, 4) is 17.6 Å². The van der Waals surface area contributed by atoms with Gasteiger partial charge in [0.15, 0.2) is 11.6 Å². The molecule has 35 heavy (non-hydrogen) atoms. The van der Waals surface area contributed by atoms with Crippen molar-refractivity contribution in [1.82, 2.24) is 20.5 Å². The zero-order chi connectivity index (χ0) is 25.9. The highest BCUT2D eigenvalue weighted by Gasteiger charge is 2.28. The van der Waals surface area contributed by atoms with Crippen LogP contribution in [0.15, 0.2) is 24.4 Å². The fourth-order valence-electron chi connectivity index (χ4n) is 3.88. The van der Waals surface area contributed by atoms with Gasteiger partial charge in [-0.3, -0.25) is 0 Å². The van der Waals surface area contributed by atoms with Crippen LogP contribution in [0.2, 0.25) is 10.0 Å². The predicted octanol–water partition coefficient (Wildman–Crippen LogP) is 4.77. The molecular formula is C25H30Cl2FN5O2. The molecule has 10 heteroatoms. The minimum absolute atomic E-state index is 0.113. The highest BCUT2D eigenvalue weighted by molar-refractivity contribution is 6.36. The Morgan fingerprint density at radius 3 is 2.66 bits per heavy atom. The van der Waals surface area contributed by atoms with Gasteiger partial charge in [0, 0.05) is 53.6 Å². The van der Waals surface area contributed by atoms with Crippen LogP contribution in [-0.4, -0.2) is 46.6 Å². The van der Waals surface area contributed by atoms with Crippen molar-refractivity contribution in [2.24, 2.45) is 0 Å². The number of nitrogens with two attached hydrogens (primary N) is 1. The summed E-state index contributed by atoms with van der Waals surface area (Å²) in [6.07, 6.45) is 0.817. The van der Waals surface area contributed by atoms with Gasteiger partial charge in [-0.25, -0.2) is 14.2 Å². The molecule has 2 amide bonds. The standard InChI is InChI=1S/C25H30Cl2FN5O2/c1-14-12-33(13-15(2)31-14)24(34)32-25(4,5)9-8-17-10-20(23(29)30-11-17)35-16(3)21-18(26)6-7-19(28)22(21)27/h6-7,10-11,14-16,31H,12-13H2,1-5H3,(H2,29,30)(H,32,34)/t14-,15+,16?. The number of amides is 2. The van der Waals surface area contributed by atoms with E-state index in [9.17, 15) is 9.18 Å². The molecule has 2 aromatic rings. The molecule has 4 N–H and O–H groups in total. The van der Waals surface area contributed by atoms with Gasteiger partial charge < -0.3 is 26.0 Å². The first kappa shape index (κ1) is 26.9. The number of benzene rings is 1. The van der Waals surface area contributed by atoms with Crippen molar-refractivity contribution in [3.63, 3.8) is 0 Å². The van der Waals surface area contributed by atoms with Crippen LogP contribution in [0.5, 0.6) is 5.75 Å². The lowest BCUT2D eigenvalue weighted by Crippen LogP contribution is -2.60. The van der Waals surface area contributed by atoms with E-state index in [1.165, 1.54) is 18.3 Å². The number of carbonyl (C=O) groups is 1. The number of nitrogen functional groups attached to an aromatic ring is 1. The Hall–Kier alpha value is -2.73. The fraction of sp³-hybridized carbons (Fsp3) is 0.440. The number of piperazine rings is 1. The van der Waals surface area contributed by atoms with Gasteiger partial charge in [-0.05, 0) is 46.8 Å². The zero-order valence-corrected chi connectivity index (χ0v) is 21.9. The lowest BCUT2D eigenvalue weighted by Gasteiger charge is -2.37. The van der Waals surface area contributed by atoms with Crippen molar-refractivity contribution in [2.45, 2.75) is 58.3 Å². The summed E-state index contributed by atoms with van der Waals surface area (Å²) in [4.78, 5) is 18.7. The van der Waals surface area contributed by atoms with Crippen molar-refractivity contribution in [2.75, 3.05) is 18.8 Å². The Labute approximate surface area is 215 Å². The summed E-state index contributed by atoms with van der Waals surface area (Å²) in [7, 11) is 0. The van der Waals surface area contributed by atoms with Crippen LogP contribution in [0, 0.1) is 17.7 Å². The number of pyridine rings is 1. The SMILES string of the molecule is CC(Oc1cc(C#CC(C)(C)NC(=O)N2C[C@@H](C)N[C@@H](C)C2)cnc1N)c1c(Cl)ccc(F)c1Cl. The average Bonchev–Trinajstić information content (AvgIpc) is 2.76. The lowest BCUT2D eigenvalue weighted by molar-refractivity contribution is 0.160. The van der Waals surface area contributed by atoms with E-state index >= 15 is 0 Å². The summed E-state index contributed by atoms with van der Waals surface area (Å²) >= 11 is 12.3. The van der Waals surface area contributed by atoms with Crippen molar-refractivity contribution in [3.05, 3.63) is 51.4 Å². The second-order valence-electron chi connectivity index (χ2n) is 9.30. The minimum atomic E-state index is -0.799. The molecule has 1 aliphatic rings. The first-order valence-electron chi connectivity index (χ1n) is 11.3. The van der Waals surface area contributed by atoms with Crippen LogP contribution in [0.25, 0.3) is 0 Å². The summed E-state index contributed by atoms with van der Waals surface area (Å²) in [6, 6.07) is 4.51. The van der Waals surface area contributed by atoms with Crippen LogP contribution in [0.1, 0.15) is 51.8 Å². The third-order valence-corrected chi connectivity index (χ3v) is 6.17. The van der Waals surface area contributed by atoms with Gasteiger partial charge in [-0.2, -0.15) is 0 Å². The Morgan fingerprint density at radius 1 is 1.34 bits per heavy atom. The summed E-state index contributed by atoms with van der Waals surface area (Å²) in [6.45, 7) is 10.7. The topological polar surface area (TPSA) is 92.5 Å². The Balaban J connectivity index is 1.74. The number of ether oxygens (including phenoxy) is 1. The number of rotatable bonds is 4. The third kappa shape index (κ3) is 6.91. The molecule has 1 aliphatic heterocycles. The highest BCUT2D eigenvalue weighted by Crippen LogP contribution is 2.36. The number of carbonyl (C=O) groups excluding carboxylic acids is 1. The molecule has 0 radical (unpaired) electrons. The van der Waals surface area contributed by atoms with Gasteiger partial charge in [0.2, 0.25) is 0 Å². The molecule has 1 unspecified atom stereocenters. The van der Waals surface area contributed by atoms with E-state index in [0.29, 0.717) is 24.2 Å². The van der Waals surface area contributed by atoms with E-state index in [2.05, 4.69) is 27.5 Å². The van der Waals surface area contributed by atoms with Crippen LogP contribution >= 0.6 is 23.2 Å². The molecule has 1 fully saturated rings. The highest BCUT2D eigenvalue weighted by atomic mass is 35.5. The van der Waals surface area contributed by atoms with Crippen molar-refractivity contribution < 1.29 is 13.9 Å². The average molecular weight is 522 g/mol. The number of urea groups is 1. The van der Waals surface area contributed by atoms with Crippen LogP contribution in [0.3, 0.4) is 0 Å². The fourth-order valence-corrected chi connectivity index (χ4v) is 4.56. The molecule has 1 aromatic heterocycles. The van der Waals surface area contributed by atoms with E-state index < -0.39 is 17.5 Å². The molecule has 0 spiro atoms. The number of anilines is 1. The van der Waals surface area contributed by atoms with Gasteiger partial charge in [0.25, 0.3) is 0 Å². The second kappa shape index (κ2) is 10.9.